The quantitative estimate of drug-likeness (QED) is 0.267. The highest BCUT2D eigenvalue weighted by Crippen LogP contribution is 2.58. The summed E-state index contributed by atoms with van der Waals surface area (Å²) in [5, 5.41) is 0. The Kier molecular flexibility index (Phi) is 6.85. The van der Waals surface area contributed by atoms with Gasteiger partial charge in [-0.1, -0.05) is 36.5 Å². The van der Waals surface area contributed by atoms with Gasteiger partial charge < -0.3 is 14.2 Å². The molecule has 3 heteroatoms. The molecule has 0 bridgehead atoms. The summed E-state index contributed by atoms with van der Waals surface area (Å²) in [6.07, 6.45) is 15.9. The molecule has 3 nitrogen and oxygen atoms in total. The summed E-state index contributed by atoms with van der Waals surface area (Å²) in [5.41, 5.74) is -1.33. The fourth-order valence-corrected chi connectivity index (χ4v) is 4.45. The van der Waals surface area contributed by atoms with Gasteiger partial charge in [-0.15, -0.1) is 39.5 Å². The van der Waals surface area contributed by atoms with Crippen molar-refractivity contribution in [3.63, 3.8) is 0 Å². The molecule has 2 aliphatic rings. The zero-order chi connectivity index (χ0) is 20.0. The highest BCUT2D eigenvalue weighted by Gasteiger charge is 2.70. The van der Waals surface area contributed by atoms with E-state index >= 15 is 0 Å². The lowest BCUT2D eigenvalue weighted by Gasteiger charge is -2.21. The van der Waals surface area contributed by atoms with Gasteiger partial charge in [0.15, 0.2) is 0 Å². The number of rotatable bonds is 16. The van der Waals surface area contributed by atoms with Gasteiger partial charge in [-0.25, -0.2) is 0 Å². The van der Waals surface area contributed by atoms with Gasteiger partial charge in [-0.3, -0.25) is 0 Å². The maximum absolute atomic E-state index is 6.22. The van der Waals surface area contributed by atoms with E-state index in [2.05, 4.69) is 39.5 Å². The van der Waals surface area contributed by atoms with Gasteiger partial charge in [0.05, 0.1) is 13.2 Å². The summed E-state index contributed by atoms with van der Waals surface area (Å²) in [6, 6.07) is 0. The van der Waals surface area contributed by atoms with Gasteiger partial charge in [0.1, 0.15) is 22.4 Å². The van der Waals surface area contributed by atoms with Gasteiger partial charge in [0, 0.05) is 0 Å². The zero-order valence-corrected chi connectivity index (χ0v) is 16.6. The normalized spacial score (nSPS) is 29.3. The Labute approximate surface area is 164 Å². The molecule has 2 fully saturated rings. The number of ether oxygens (including phenoxy) is 3. The smallest absolute Gasteiger partial charge is 0.125 e. The van der Waals surface area contributed by atoms with Crippen LogP contribution in [0.15, 0.2) is 75.9 Å². The predicted octanol–water partition coefficient (Wildman–Crippen LogP) is 5.48. The molecule has 2 atom stereocenters. The zero-order valence-electron chi connectivity index (χ0n) is 16.6. The number of hydrogen-bond donors (Lipinski definition) is 0. The number of hydrogen-bond acceptors (Lipinski definition) is 3. The van der Waals surface area contributed by atoms with Crippen molar-refractivity contribution in [1.82, 2.24) is 0 Å². The van der Waals surface area contributed by atoms with E-state index in [0.717, 1.165) is 38.5 Å². The topological polar surface area (TPSA) is 34.3 Å². The Hall–Kier alpha value is -1.68. The monoisotopic (exact) mass is 370 g/mol. The summed E-state index contributed by atoms with van der Waals surface area (Å²) in [4.78, 5) is 0. The SMILES string of the molecule is C=CCC1(CC=C)OC1(CC=C)COCC1(CC=C)OC1(CC=C)CC=C. The largest absolute Gasteiger partial charge is 0.375 e. The van der Waals surface area contributed by atoms with E-state index in [1.807, 2.05) is 36.5 Å². The van der Waals surface area contributed by atoms with E-state index in [4.69, 9.17) is 14.2 Å². The molecular weight excluding hydrogens is 336 g/mol. The van der Waals surface area contributed by atoms with Gasteiger partial charge >= 0.3 is 0 Å². The molecule has 27 heavy (non-hydrogen) atoms. The molecule has 0 radical (unpaired) electrons. The van der Waals surface area contributed by atoms with Crippen molar-refractivity contribution in [3.8, 4) is 0 Å². The van der Waals surface area contributed by atoms with Crippen molar-refractivity contribution < 1.29 is 14.2 Å². The Morgan fingerprint density at radius 3 is 1.00 bits per heavy atom. The van der Waals surface area contributed by atoms with Gasteiger partial charge in [-0.2, -0.15) is 0 Å². The standard InChI is InChI=1S/C24H34O3/c1-7-13-21(14-8-2)23(26-21,17-11-5)19-25-20-24(18-12-6)22(27-24,15-9-3)16-10-4/h7-12H,1-6,13-20H2. The first-order valence-corrected chi connectivity index (χ1v) is 9.62. The molecule has 148 valence electrons. The van der Waals surface area contributed by atoms with Crippen LogP contribution in [0.25, 0.3) is 0 Å². The van der Waals surface area contributed by atoms with Crippen LogP contribution < -0.4 is 0 Å². The molecule has 0 aromatic heterocycles. The lowest BCUT2D eigenvalue weighted by Crippen LogP contribution is -2.35. The predicted molar refractivity (Wildman–Crippen MR) is 113 cm³/mol. The van der Waals surface area contributed by atoms with Crippen molar-refractivity contribution in [2.24, 2.45) is 0 Å². The van der Waals surface area contributed by atoms with Gasteiger partial charge in [-0.05, 0) is 38.5 Å². The minimum atomic E-state index is -0.374. The maximum Gasteiger partial charge on any atom is 0.125 e. The molecule has 0 spiro atoms. The van der Waals surface area contributed by atoms with E-state index in [-0.39, 0.29) is 22.4 Å². The molecule has 2 aliphatic heterocycles. The first-order chi connectivity index (χ1) is 13.0. The molecular formula is C24H34O3. The van der Waals surface area contributed by atoms with E-state index in [1.165, 1.54) is 0 Å². The fourth-order valence-electron chi connectivity index (χ4n) is 4.45. The average molecular weight is 371 g/mol. The molecule has 0 N–H and O–H groups in total. The highest BCUT2D eigenvalue weighted by atomic mass is 16.7. The summed E-state index contributed by atoms with van der Waals surface area (Å²) in [7, 11) is 0. The molecule has 0 saturated carbocycles. The lowest BCUT2D eigenvalue weighted by atomic mass is 9.84. The third kappa shape index (κ3) is 3.82. The molecule has 0 aliphatic carbocycles. The van der Waals surface area contributed by atoms with Crippen LogP contribution in [0.4, 0.5) is 0 Å². The minimum Gasteiger partial charge on any atom is -0.375 e. The third-order valence-electron chi connectivity index (χ3n) is 5.87. The summed E-state index contributed by atoms with van der Waals surface area (Å²) in [6.45, 7) is 24.3. The van der Waals surface area contributed by atoms with Crippen LogP contribution in [0.5, 0.6) is 0 Å². The fraction of sp³-hybridized carbons (Fsp3) is 0.500. The molecule has 0 aromatic rings. The van der Waals surface area contributed by atoms with E-state index in [1.54, 1.807) is 0 Å². The van der Waals surface area contributed by atoms with Crippen LogP contribution in [0.3, 0.4) is 0 Å². The molecule has 2 heterocycles. The molecule has 2 unspecified atom stereocenters. The van der Waals surface area contributed by atoms with Crippen LogP contribution in [0, 0.1) is 0 Å². The average Bonchev–Trinajstić information content (AvgIpc) is 3.42. The van der Waals surface area contributed by atoms with E-state index < -0.39 is 0 Å². The Balaban J connectivity index is 2.07. The summed E-state index contributed by atoms with van der Waals surface area (Å²) < 4.78 is 18.7. The van der Waals surface area contributed by atoms with Crippen molar-refractivity contribution >= 4 is 0 Å². The van der Waals surface area contributed by atoms with E-state index in [0.29, 0.717) is 13.2 Å². The van der Waals surface area contributed by atoms with Gasteiger partial charge in [0.25, 0.3) is 0 Å². The molecule has 0 amide bonds. The second-order valence-electron chi connectivity index (χ2n) is 7.63. The first-order valence-electron chi connectivity index (χ1n) is 9.62. The van der Waals surface area contributed by atoms with Crippen LogP contribution >= 0.6 is 0 Å². The van der Waals surface area contributed by atoms with Crippen molar-refractivity contribution in [3.05, 3.63) is 75.9 Å². The van der Waals surface area contributed by atoms with Crippen molar-refractivity contribution in [1.29, 1.82) is 0 Å². The van der Waals surface area contributed by atoms with Gasteiger partial charge in [0.2, 0.25) is 0 Å². The highest BCUT2D eigenvalue weighted by molar-refractivity contribution is 5.23. The molecule has 2 saturated heterocycles. The summed E-state index contributed by atoms with van der Waals surface area (Å²) in [5.74, 6) is 0. The van der Waals surface area contributed by atoms with Crippen LogP contribution in [0.2, 0.25) is 0 Å². The second kappa shape index (κ2) is 8.55. The number of epoxide rings is 2. The minimum absolute atomic E-state index is 0.292. The lowest BCUT2D eigenvalue weighted by molar-refractivity contribution is 0.0435. The Morgan fingerprint density at radius 1 is 0.481 bits per heavy atom. The maximum atomic E-state index is 6.22. The molecule has 0 aromatic carbocycles. The van der Waals surface area contributed by atoms with Crippen molar-refractivity contribution in [2.75, 3.05) is 13.2 Å². The third-order valence-corrected chi connectivity index (χ3v) is 5.87. The Morgan fingerprint density at radius 2 is 0.741 bits per heavy atom. The van der Waals surface area contributed by atoms with Crippen LogP contribution in [0.1, 0.15) is 38.5 Å². The molecule has 2 rings (SSSR count). The summed E-state index contributed by atoms with van der Waals surface area (Å²) >= 11 is 0. The van der Waals surface area contributed by atoms with Crippen LogP contribution in [-0.2, 0) is 14.2 Å². The van der Waals surface area contributed by atoms with E-state index in [9.17, 15) is 0 Å². The second-order valence-corrected chi connectivity index (χ2v) is 7.63. The van der Waals surface area contributed by atoms with Crippen LogP contribution in [-0.4, -0.2) is 35.6 Å². The van der Waals surface area contributed by atoms with Crippen molar-refractivity contribution in [2.45, 2.75) is 60.9 Å². The first kappa shape index (κ1) is 21.6. The Bertz CT molecular complexity index is 533.